The molecule has 1 aromatic carbocycles. The van der Waals surface area contributed by atoms with Gasteiger partial charge in [-0.2, -0.15) is 0 Å². The van der Waals surface area contributed by atoms with Crippen molar-refractivity contribution in [2.24, 2.45) is 11.8 Å². The monoisotopic (exact) mass is 261 g/mol. The quantitative estimate of drug-likeness (QED) is 0.792. The average Bonchev–Trinajstić information content (AvgIpc) is 3.18. The normalized spacial score (nSPS) is 18.3. The van der Waals surface area contributed by atoms with Crippen molar-refractivity contribution in [1.82, 2.24) is 5.32 Å². The van der Waals surface area contributed by atoms with Crippen molar-refractivity contribution in [2.45, 2.75) is 45.2 Å². The highest BCUT2D eigenvalue weighted by molar-refractivity contribution is 5.74. The molecule has 0 heterocycles. The van der Waals surface area contributed by atoms with Crippen molar-refractivity contribution in [2.75, 3.05) is 0 Å². The van der Waals surface area contributed by atoms with Crippen molar-refractivity contribution in [3.63, 3.8) is 0 Å². The first-order valence-corrected chi connectivity index (χ1v) is 7.11. The summed E-state index contributed by atoms with van der Waals surface area (Å²) in [6.07, 6.45) is 3.03. The van der Waals surface area contributed by atoms with Gasteiger partial charge >= 0.3 is 5.97 Å². The molecule has 0 aliphatic heterocycles. The minimum absolute atomic E-state index is 0.128. The summed E-state index contributed by atoms with van der Waals surface area (Å²) in [5, 5.41) is 12.7. The summed E-state index contributed by atoms with van der Waals surface area (Å²) in [6, 6.07) is 9.89. The number of hydrogen-bond acceptors (Lipinski definition) is 2. The lowest BCUT2D eigenvalue weighted by molar-refractivity contribution is -0.140. The van der Waals surface area contributed by atoms with E-state index in [1.54, 1.807) is 0 Å². The minimum atomic E-state index is -0.716. The molecule has 0 aromatic heterocycles. The minimum Gasteiger partial charge on any atom is -0.480 e. The molecule has 0 saturated heterocycles. The Bertz CT molecular complexity index is 412. The van der Waals surface area contributed by atoms with E-state index in [1.807, 2.05) is 18.2 Å². The Morgan fingerprint density at radius 2 is 1.95 bits per heavy atom. The fraction of sp³-hybridized carbons (Fsp3) is 0.562. The summed E-state index contributed by atoms with van der Waals surface area (Å²) < 4.78 is 0. The first kappa shape index (κ1) is 14.1. The number of aliphatic carboxylic acids is 1. The number of hydrogen-bond donors (Lipinski definition) is 2. The molecule has 1 aliphatic rings. The molecule has 2 rings (SSSR count). The zero-order valence-corrected chi connectivity index (χ0v) is 11.7. The standard InChI is InChI=1S/C16H23NO2/c1-11(2)10-14(12-6-4-3-5-7-12)17-15(16(18)19)13-8-9-13/h3-7,11,13-15,17H,8-10H2,1-2H3,(H,18,19). The first-order chi connectivity index (χ1) is 9.08. The smallest absolute Gasteiger partial charge is 0.320 e. The summed E-state index contributed by atoms with van der Waals surface area (Å²) in [5.41, 5.74) is 1.18. The van der Waals surface area contributed by atoms with Gasteiger partial charge in [0.15, 0.2) is 0 Å². The highest BCUT2D eigenvalue weighted by Crippen LogP contribution is 2.34. The van der Waals surface area contributed by atoms with Crippen LogP contribution in [0.4, 0.5) is 0 Å². The molecule has 0 spiro atoms. The number of rotatable bonds is 7. The van der Waals surface area contributed by atoms with Crippen LogP contribution in [0, 0.1) is 11.8 Å². The van der Waals surface area contributed by atoms with Crippen LogP contribution in [0.15, 0.2) is 30.3 Å². The lowest BCUT2D eigenvalue weighted by Gasteiger charge is -2.25. The molecule has 2 unspecified atom stereocenters. The Morgan fingerprint density at radius 3 is 2.42 bits per heavy atom. The van der Waals surface area contributed by atoms with Gasteiger partial charge in [-0.25, -0.2) is 0 Å². The summed E-state index contributed by atoms with van der Waals surface area (Å²) in [7, 11) is 0. The Labute approximate surface area is 115 Å². The Kier molecular flexibility index (Phi) is 4.59. The van der Waals surface area contributed by atoms with Crippen molar-refractivity contribution in [3.05, 3.63) is 35.9 Å². The molecule has 104 valence electrons. The van der Waals surface area contributed by atoms with Gasteiger partial charge in [0.05, 0.1) is 0 Å². The van der Waals surface area contributed by atoms with Gasteiger partial charge in [0.1, 0.15) is 6.04 Å². The predicted molar refractivity (Wildman–Crippen MR) is 75.9 cm³/mol. The van der Waals surface area contributed by atoms with E-state index in [0.717, 1.165) is 19.3 Å². The third kappa shape index (κ3) is 4.06. The zero-order chi connectivity index (χ0) is 13.8. The second kappa shape index (κ2) is 6.20. The van der Waals surface area contributed by atoms with Crippen LogP contribution in [0.25, 0.3) is 0 Å². The summed E-state index contributed by atoms with van der Waals surface area (Å²) in [4.78, 5) is 11.4. The molecule has 19 heavy (non-hydrogen) atoms. The fourth-order valence-corrected chi connectivity index (χ4v) is 2.51. The van der Waals surface area contributed by atoms with Crippen molar-refractivity contribution < 1.29 is 9.90 Å². The average molecular weight is 261 g/mol. The van der Waals surface area contributed by atoms with Crippen molar-refractivity contribution in [1.29, 1.82) is 0 Å². The topological polar surface area (TPSA) is 49.3 Å². The maximum atomic E-state index is 11.4. The predicted octanol–water partition coefficient (Wildman–Crippen LogP) is 3.23. The second-order valence-corrected chi connectivity index (χ2v) is 5.91. The molecule has 0 bridgehead atoms. The zero-order valence-electron chi connectivity index (χ0n) is 11.7. The van der Waals surface area contributed by atoms with Crippen LogP contribution >= 0.6 is 0 Å². The Balaban J connectivity index is 2.11. The molecule has 1 saturated carbocycles. The van der Waals surface area contributed by atoms with Gasteiger partial charge in [0.2, 0.25) is 0 Å². The molecule has 3 heteroatoms. The summed E-state index contributed by atoms with van der Waals surface area (Å²) in [5.74, 6) is 0.134. The van der Waals surface area contributed by atoms with Crippen LogP contribution < -0.4 is 5.32 Å². The van der Waals surface area contributed by atoms with Gasteiger partial charge in [-0.1, -0.05) is 44.2 Å². The molecular formula is C16H23NO2. The van der Waals surface area contributed by atoms with E-state index in [9.17, 15) is 9.90 Å². The molecule has 2 N–H and O–H groups in total. The van der Waals surface area contributed by atoms with Crippen LogP contribution in [0.1, 0.15) is 44.7 Å². The Hall–Kier alpha value is -1.35. The van der Waals surface area contributed by atoms with Gasteiger partial charge in [-0.15, -0.1) is 0 Å². The molecule has 0 amide bonds. The van der Waals surface area contributed by atoms with Gasteiger partial charge in [0.25, 0.3) is 0 Å². The SMILES string of the molecule is CC(C)CC(NC(C(=O)O)C1CC1)c1ccccc1. The second-order valence-electron chi connectivity index (χ2n) is 5.91. The number of nitrogens with one attached hydrogen (secondary N) is 1. The van der Waals surface area contributed by atoms with E-state index in [1.165, 1.54) is 5.56 Å². The van der Waals surface area contributed by atoms with E-state index in [4.69, 9.17) is 0 Å². The lowest BCUT2D eigenvalue weighted by Crippen LogP contribution is -2.41. The van der Waals surface area contributed by atoms with E-state index in [2.05, 4.69) is 31.3 Å². The first-order valence-electron chi connectivity index (χ1n) is 7.11. The fourth-order valence-electron chi connectivity index (χ4n) is 2.51. The van der Waals surface area contributed by atoms with E-state index >= 15 is 0 Å². The molecule has 1 aromatic rings. The molecule has 1 fully saturated rings. The van der Waals surface area contributed by atoms with Gasteiger partial charge in [-0.05, 0) is 36.7 Å². The van der Waals surface area contributed by atoms with E-state index in [0.29, 0.717) is 11.8 Å². The number of carboxylic acids is 1. The molecule has 1 aliphatic carbocycles. The lowest BCUT2D eigenvalue weighted by atomic mass is 9.95. The van der Waals surface area contributed by atoms with Crippen molar-refractivity contribution >= 4 is 5.97 Å². The Morgan fingerprint density at radius 1 is 1.32 bits per heavy atom. The van der Waals surface area contributed by atoms with Crippen molar-refractivity contribution in [3.8, 4) is 0 Å². The third-order valence-electron chi connectivity index (χ3n) is 3.65. The van der Waals surface area contributed by atoms with Crippen LogP contribution in [0.3, 0.4) is 0 Å². The highest BCUT2D eigenvalue weighted by Gasteiger charge is 2.37. The molecule has 2 atom stereocenters. The largest absolute Gasteiger partial charge is 0.480 e. The maximum Gasteiger partial charge on any atom is 0.320 e. The number of carboxylic acid groups (broad SMARTS) is 1. The number of benzene rings is 1. The summed E-state index contributed by atoms with van der Waals surface area (Å²) in [6.45, 7) is 4.34. The maximum absolute atomic E-state index is 11.4. The summed E-state index contributed by atoms with van der Waals surface area (Å²) >= 11 is 0. The van der Waals surface area contributed by atoms with Crippen LogP contribution in [-0.4, -0.2) is 17.1 Å². The van der Waals surface area contributed by atoms with Crippen LogP contribution in [0.2, 0.25) is 0 Å². The molecular weight excluding hydrogens is 238 g/mol. The van der Waals surface area contributed by atoms with Crippen LogP contribution in [-0.2, 0) is 4.79 Å². The van der Waals surface area contributed by atoms with Gasteiger partial charge in [-0.3, -0.25) is 10.1 Å². The number of carbonyl (C=O) groups is 1. The van der Waals surface area contributed by atoms with E-state index < -0.39 is 12.0 Å². The third-order valence-corrected chi connectivity index (χ3v) is 3.65. The highest BCUT2D eigenvalue weighted by atomic mass is 16.4. The molecule has 0 radical (unpaired) electrons. The van der Waals surface area contributed by atoms with Gasteiger partial charge < -0.3 is 5.11 Å². The van der Waals surface area contributed by atoms with Crippen LogP contribution in [0.5, 0.6) is 0 Å². The molecule has 3 nitrogen and oxygen atoms in total. The van der Waals surface area contributed by atoms with E-state index in [-0.39, 0.29) is 6.04 Å². The van der Waals surface area contributed by atoms with Gasteiger partial charge in [0, 0.05) is 6.04 Å².